The first-order valence-electron chi connectivity index (χ1n) is 10.2. The third-order valence-electron chi connectivity index (χ3n) is 5.32. The van der Waals surface area contributed by atoms with E-state index in [0.717, 1.165) is 5.56 Å². The second kappa shape index (κ2) is 11.2. The van der Waals surface area contributed by atoms with Gasteiger partial charge >= 0.3 is 5.97 Å². The van der Waals surface area contributed by atoms with Gasteiger partial charge in [0.05, 0.1) is 11.1 Å². The van der Waals surface area contributed by atoms with E-state index in [-0.39, 0.29) is 24.1 Å². The van der Waals surface area contributed by atoms with E-state index in [1.54, 1.807) is 26.0 Å². The van der Waals surface area contributed by atoms with Crippen molar-refractivity contribution >= 4 is 17.5 Å². The number of ketones is 2. The summed E-state index contributed by atoms with van der Waals surface area (Å²) in [5.74, 6) is -0.334. The van der Waals surface area contributed by atoms with E-state index in [1.807, 2.05) is 32.9 Å². The molecule has 0 aromatic heterocycles. The van der Waals surface area contributed by atoms with Gasteiger partial charge in [0, 0.05) is 19.6 Å². The van der Waals surface area contributed by atoms with E-state index in [1.165, 1.54) is 6.92 Å². The van der Waals surface area contributed by atoms with Crippen molar-refractivity contribution in [2.45, 2.75) is 71.9 Å². The van der Waals surface area contributed by atoms with Gasteiger partial charge in [-0.2, -0.15) is 0 Å². The maximum absolute atomic E-state index is 12.6. The van der Waals surface area contributed by atoms with Gasteiger partial charge in [-0.1, -0.05) is 24.6 Å². The number of ether oxygens (including phenoxy) is 2. The van der Waals surface area contributed by atoms with Crippen LogP contribution < -0.4 is 5.32 Å². The molecule has 1 unspecified atom stereocenters. The van der Waals surface area contributed by atoms with Gasteiger partial charge in [0.25, 0.3) is 0 Å². The molecule has 6 nitrogen and oxygen atoms in total. The van der Waals surface area contributed by atoms with Crippen LogP contribution in [0, 0.1) is 6.92 Å². The Morgan fingerprint density at radius 3 is 2.21 bits per heavy atom. The first-order chi connectivity index (χ1) is 13.5. The largest absolute Gasteiger partial charge is 0.461 e. The number of Topliss-reactive ketones (excluding diaryl/α,β-unsaturated/α-hetero) is 2. The summed E-state index contributed by atoms with van der Waals surface area (Å²) in [6, 6.07) is 7.20. The molecule has 0 saturated heterocycles. The van der Waals surface area contributed by atoms with Crippen LogP contribution in [0.1, 0.15) is 69.8 Å². The van der Waals surface area contributed by atoms with Crippen molar-refractivity contribution in [2.24, 2.45) is 0 Å². The van der Waals surface area contributed by atoms with Gasteiger partial charge in [0.1, 0.15) is 12.2 Å². The van der Waals surface area contributed by atoms with Crippen molar-refractivity contribution in [1.29, 1.82) is 0 Å². The summed E-state index contributed by atoms with van der Waals surface area (Å²) in [5.41, 5.74) is 0.0809. The zero-order valence-electron chi connectivity index (χ0n) is 18.6. The van der Waals surface area contributed by atoms with Crippen LogP contribution in [-0.4, -0.2) is 48.4 Å². The number of carbonyl (C=O) groups excluding carboxylic acids is 3. The standard InChI is InChI=1S/C23H35NO5/c1-7-23(6,20(26)9-8-15-29-22(4,5)18(3)25)24-14-16-28-21(27)19-12-10-17(2)11-13-19/h10-13,24H,7-9,14-16H2,1-6H3. The predicted octanol–water partition coefficient (Wildman–Crippen LogP) is 3.64. The van der Waals surface area contributed by atoms with Gasteiger partial charge < -0.3 is 14.8 Å². The summed E-state index contributed by atoms with van der Waals surface area (Å²) in [7, 11) is 0. The minimum Gasteiger partial charge on any atom is -0.461 e. The number of hydrogen-bond donors (Lipinski definition) is 1. The van der Waals surface area contributed by atoms with Gasteiger partial charge in [-0.15, -0.1) is 0 Å². The maximum Gasteiger partial charge on any atom is 0.338 e. The highest BCUT2D eigenvalue weighted by Crippen LogP contribution is 2.16. The smallest absolute Gasteiger partial charge is 0.338 e. The average Bonchev–Trinajstić information content (AvgIpc) is 2.68. The van der Waals surface area contributed by atoms with Crippen LogP contribution in [0.4, 0.5) is 0 Å². The lowest BCUT2D eigenvalue weighted by Gasteiger charge is -2.28. The van der Waals surface area contributed by atoms with Gasteiger partial charge in [-0.25, -0.2) is 4.79 Å². The van der Waals surface area contributed by atoms with Crippen molar-refractivity contribution in [2.75, 3.05) is 19.8 Å². The molecular weight excluding hydrogens is 370 g/mol. The van der Waals surface area contributed by atoms with Crippen LogP contribution in [0.2, 0.25) is 0 Å². The molecule has 0 bridgehead atoms. The zero-order chi connectivity index (χ0) is 22.1. The summed E-state index contributed by atoms with van der Waals surface area (Å²) in [6.07, 6.45) is 1.53. The summed E-state index contributed by atoms with van der Waals surface area (Å²) >= 11 is 0. The zero-order valence-corrected chi connectivity index (χ0v) is 18.6. The molecule has 1 N–H and O–H groups in total. The van der Waals surface area contributed by atoms with Crippen molar-refractivity contribution in [3.63, 3.8) is 0 Å². The molecule has 0 aliphatic carbocycles. The molecule has 1 aromatic rings. The van der Waals surface area contributed by atoms with Crippen LogP contribution >= 0.6 is 0 Å². The number of esters is 1. The number of benzene rings is 1. The molecule has 0 saturated carbocycles. The lowest BCUT2D eigenvalue weighted by Crippen LogP contribution is -2.50. The van der Waals surface area contributed by atoms with Gasteiger partial charge in [0.15, 0.2) is 11.6 Å². The van der Waals surface area contributed by atoms with Crippen molar-refractivity contribution in [1.82, 2.24) is 5.32 Å². The number of nitrogens with one attached hydrogen (secondary N) is 1. The van der Waals surface area contributed by atoms with Crippen LogP contribution in [0.25, 0.3) is 0 Å². The molecule has 29 heavy (non-hydrogen) atoms. The summed E-state index contributed by atoms with van der Waals surface area (Å²) < 4.78 is 10.9. The number of aryl methyl sites for hydroxylation is 1. The Morgan fingerprint density at radius 2 is 1.66 bits per heavy atom. The Hall–Kier alpha value is -2.05. The fraction of sp³-hybridized carbons (Fsp3) is 0.609. The molecule has 0 fully saturated rings. The molecule has 0 radical (unpaired) electrons. The molecule has 6 heteroatoms. The predicted molar refractivity (Wildman–Crippen MR) is 113 cm³/mol. The molecular formula is C23H35NO5. The quantitative estimate of drug-likeness (QED) is 0.399. The lowest BCUT2D eigenvalue weighted by atomic mass is 9.90. The van der Waals surface area contributed by atoms with E-state index in [4.69, 9.17) is 9.47 Å². The summed E-state index contributed by atoms with van der Waals surface area (Å²) in [5, 5.41) is 3.22. The molecule has 0 aliphatic rings. The van der Waals surface area contributed by atoms with Crippen LogP contribution in [0.5, 0.6) is 0 Å². The maximum atomic E-state index is 12.6. The van der Waals surface area contributed by atoms with Crippen LogP contribution in [0.3, 0.4) is 0 Å². The Kier molecular flexibility index (Phi) is 9.66. The van der Waals surface area contributed by atoms with E-state index in [9.17, 15) is 14.4 Å². The summed E-state index contributed by atoms with van der Waals surface area (Å²) in [4.78, 5) is 36.1. The highest BCUT2D eigenvalue weighted by molar-refractivity contribution is 5.89. The SMILES string of the molecule is CCC(C)(NCCOC(=O)c1ccc(C)cc1)C(=O)CCCOC(C)(C)C(C)=O. The molecule has 162 valence electrons. The fourth-order valence-corrected chi connectivity index (χ4v) is 2.60. The highest BCUT2D eigenvalue weighted by atomic mass is 16.5. The number of carbonyl (C=O) groups is 3. The average molecular weight is 406 g/mol. The first kappa shape index (κ1) is 25.0. The second-order valence-corrected chi connectivity index (χ2v) is 8.06. The summed E-state index contributed by atoms with van der Waals surface area (Å²) in [6.45, 7) is 11.6. The topological polar surface area (TPSA) is 81.7 Å². The van der Waals surface area contributed by atoms with Crippen molar-refractivity contribution in [3.05, 3.63) is 35.4 Å². The van der Waals surface area contributed by atoms with Gasteiger partial charge in [0.2, 0.25) is 0 Å². The molecule has 0 amide bonds. The number of hydrogen-bond acceptors (Lipinski definition) is 6. The monoisotopic (exact) mass is 405 g/mol. The molecule has 1 aromatic carbocycles. The minimum atomic E-state index is -0.823. The normalized spacial score (nSPS) is 13.6. The first-order valence-corrected chi connectivity index (χ1v) is 10.2. The fourth-order valence-electron chi connectivity index (χ4n) is 2.60. The lowest BCUT2D eigenvalue weighted by molar-refractivity contribution is -0.138. The third kappa shape index (κ3) is 8.07. The van der Waals surface area contributed by atoms with Crippen molar-refractivity contribution < 1.29 is 23.9 Å². The Balaban J connectivity index is 2.39. The van der Waals surface area contributed by atoms with Gasteiger partial charge in [-0.3, -0.25) is 9.59 Å². The molecule has 1 atom stereocenters. The van der Waals surface area contributed by atoms with E-state index < -0.39 is 11.1 Å². The minimum absolute atomic E-state index is 0.0379. The molecule has 0 heterocycles. The molecule has 0 aliphatic heterocycles. The van der Waals surface area contributed by atoms with E-state index in [2.05, 4.69) is 5.32 Å². The Bertz CT molecular complexity index is 696. The second-order valence-electron chi connectivity index (χ2n) is 8.06. The Morgan fingerprint density at radius 1 is 1.03 bits per heavy atom. The van der Waals surface area contributed by atoms with Crippen LogP contribution in [0.15, 0.2) is 24.3 Å². The molecule has 1 rings (SSSR count). The van der Waals surface area contributed by atoms with Crippen LogP contribution in [-0.2, 0) is 19.1 Å². The van der Waals surface area contributed by atoms with Crippen molar-refractivity contribution in [3.8, 4) is 0 Å². The van der Waals surface area contributed by atoms with Gasteiger partial charge in [-0.05, 0) is 59.6 Å². The third-order valence-corrected chi connectivity index (χ3v) is 5.32. The Labute approximate surface area is 174 Å². The molecule has 0 spiro atoms. The highest BCUT2D eigenvalue weighted by Gasteiger charge is 2.30. The van der Waals surface area contributed by atoms with E-state index in [0.29, 0.717) is 38.0 Å². The van der Waals surface area contributed by atoms with E-state index >= 15 is 0 Å². The number of rotatable bonds is 13.